The molecule has 2 fully saturated rings. The van der Waals surface area contributed by atoms with Crippen LogP contribution in [0.25, 0.3) is 0 Å². The van der Waals surface area contributed by atoms with E-state index in [1.165, 1.54) is 17.1 Å². The Morgan fingerprint density at radius 1 is 0.960 bits per heavy atom. The summed E-state index contributed by atoms with van der Waals surface area (Å²) in [5, 5.41) is 0.450. The average molecular weight is 350 g/mol. The first-order chi connectivity index (χ1) is 11.9. The smallest absolute Gasteiger partial charge is 0.429 e. The van der Waals surface area contributed by atoms with Gasteiger partial charge in [0.2, 0.25) is 0 Å². The lowest BCUT2D eigenvalue weighted by Gasteiger charge is -2.30. The van der Waals surface area contributed by atoms with Crippen LogP contribution in [0.2, 0.25) is 0 Å². The van der Waals surface area contributed by atoms with Crippen molar-refractivity contribution in [2.45, 2.75) is 44.6 Å². The lowest BCUT2D eigenvalue weighted by atomic mass is 9.87. The van der Waals surface area contributed by atoms with E-state index < -0.39 is 18.0 Å². The highest BCUT2D eigenvalue weighted by molar-refractivity contribution is 6.12. The van der Waals surface area contributed by atoms with Crippen molar-refractivity contribution in [1.82, 2.24) is 9.96 Å². The van der Waals surface area contributed by atoms with Crippen LogP contribution >= 0.6 is 0 Å². The molecule has 2 aliphatic heterocycles. The Morgan fingerprint density at radius 3 is 2.08 bits per heavy atom. The molecular weight excluding hydrogens is 332 g/mol. The minimum atomic E-state index is -1.07. The van der Waals surface area contributed by atoms with E-state index in [2.05, 4.69) is 4.84 Å². The van der Waals surface area contributed by atoms with Crippen molar-refractivity contribution in [1.29, 1.82) is 0 Å². The summed E-state index contributed by atoms with van der Waals surface area (Å²) in [5.74, 6) is -1.55. The second-order valence-electron chi connectivity index (χ2n) is 6.30. The quantitative estimate of drug-likeness (QED) is 0.542. The molecule has 3 rings (SSSR count). The molecule has 25 heavy (non-hydrogen) atoms. The SMILES string of the molecule is O=C(OC1CCC(CN2C(=O)C=CC2=O)CC1)ON1C(=O)CCC1=O. The molecule has 9 nitrogen and oxygen atoms in total. The minimum Gasteiger partial charge on any atom is -0.429 e. The molecule has 0 radical (unpaired) electrons. The monoisotopic (exact) mass is 350 g/mol. The Labute approximate surface area is 143 Å². The van der Waals surface area contributed by atoms with Gasteiger partial charge in [-0.15, -0.1) is 0 Å². The maximum Gasteiger partial charge on any atom is 0.534 e. The van der Waals surface area contributed by atoms with E-state index in [4.69, 9.17) is 4.74 Å². The van der Waals surface area contributed by atoms with Crippen LogP contribution in [0.4, 0.5) is 4.79 Å². The van der Waals surface area contributed by atoms with Crippen molar-refractivity contribution in [3.63, 3.8) is 0 Å². The van der Waals surface area contributed by atoms with Gasteiger partial charge in [-0.3, -0.25) is 28.9 Å². The number of hydroxylamine groups is 2. The van der Waals surface area contributed by atoms with Crippen LogP contribution in [0.1, 0.15) is 38.5 Å². The van der Waals surface area contributed by atoms with Crippen LogP contribution in [0.3, 0.4) is 0 Å². The number of hydrogen-bond donors (Lipinski definition) is 0. The van der Waals surface area contributed by atoms with Crippen LogP contribution < -0.4 is 0 Å². The van der Waals surface area contributed by atoms with Crippen molar-refractivity contribution in [2.75, 3.05) is 6.54 Å². The van der Waals surface area contributed by atoms with E-state index in [0.29, 0.717) is 37.3 Å². The first-order valence-corrected chi connectivity index (χ1v) is 8.22. The molecule has 0 bridgehead atoms. The Kier molecular flexibility index (Phi) is 4.82. The third-order valence-electron chi connectivity index (χ3n) is 4.57. The van der Waals surface area contributed by atoms with Gasteiger partial charge in [-0.2, -0.15) is 0 Å². The van der Waals surface area contributed by atoms with Crippen molar-refractivity contribution >= 4 is 29.8 Å². The Balaban J connectivity index is 1.41. The summed E-state index contributed by atoms with van der Waals surface area (Å²) in [4.78, 5) is 63.5. The zero-order valence-electron chi connectivity index (χ0n) is 13.5. The highest BCUT2D eigenvalue weighted by Crippen LogP contribution is 2.28. The first kappa shape index (κ1) is 17.1. The normalized spacial score (nSPS) is 26.6. The van der Waals surface area contributed by atoms with Crippen LogP contribution in [-0.4, -0.2) is 52.4 Å². The van der Waals surface area contributed by atoms with E-state index in [1.807, 2.05) is 0 Å². The molecule has 0 N–H and O–H groups in total. The molecule has 1 saturated carbocycles. The predicted molar refractivity (Wildman–Crippen MR) is 80.3 cm³/mol. The maximum atomic E-state index is 11.7. The van der Waals surface area contributed by atoms with Gasteiger partial charge in [0, 0.05) is 31.5 Å². The first-order valence-electron chi connectivity index (χ1n) is 8.22. The average Bonchev–Trinajstić information content (AvgIpc) is 3.06. The molecule has 134 valence electrons. The fraction of sp³-hybridized carbons (Fsp3) is 0.562. The van der Waals surface area contributed by atoms with Gasteiger partial charge in [0.25, 0.3) is 23.6 Å². The molecule has 1 saturated heterocycles. The highest BCUT2D eigenvalue weighted by atomic mass is 16.8. The summed E-state index contributed by atoms with van der Waals surface area (Å²) in [7, 11) is 0. The van der Waals surface area contributed by atoms with E-state index in [0.717, 1.165) is 0 Å². The fourth-order valence-corrected chi connectivity index (χ4v) is 3.19. The number of amides is 4. The summed E-state index contributed by atoms with van der Waals surface area (Å²) < 4.78 is 5.14. The molecule has 2 heterocycles. The number of carbonyl (C=O) groups excluding carboxylic acids is 5. The third kappa shape index (κ3) is 3.86. The second-order valence-corrected chi connectivity index (χ2v) is 6.30. The molecule has 3 aliphatic rings. The van der Waals surface area contributed by atoms with Gasteiger partial charge in [-0.25, -0.2) is 4.79 Å². The van der Waals surface area contributed by atoms with Crippen LogP contribution in [0.5, 0.6) is 0 Å². The largest absolute Gasteiger partial charge is 0.534 e. The third-order valence-corrected chi connectivity index (χ3v) is 4.57. The van der Waals surface area contributed by atoms with E-state index in [9.17, 15) is 24.0 Å². The van der Waals surface area contributed by atoms with Crippen molar-refractivity contribution in [2.24, 2.45) is 5.92 Å². The number of ether oxygens (including phenoxy) is 1. The van der Waals surface area contributed by atoms with Gasteiger partial charge in [0.05, 0.1) is 0 Å². The van der Waals surface area contributed by atoms with E-state index in [-0.39, 0.29) is 36.7 Å². The Hall–Kier alpha value is -2.71. The molecule has 0 aromatic carbocycles. The molecule has 0 unspecified atom stereocenters. The number of imide groups is 2. The van der Waals surface area contributed by atoms with Crippen molar-refractivity contribution < 1.29 is 33.5 Å². The van der Waals surface area contributed by atoms with Gasteiger partial charge >= 0.3 is 6.16 Å². The number of nitrogens with zero attached hydrogens (tertiary/aromatic N) is 2. The zero-order chi connectivity index (χ0) is 18.0. The number of rotatable bonds is 4. The molecule has 0 aromatic heterocycles. The Bertz CT molecular complexity index is 615. The van der Waals surface area contributed by atoms with Crippen LogP contribution in [0.15, 0.2) is 12.2 Å². The fourth-order valence-electron chi connectivity index (χ4n) is 3.19. The lowest BCUT2D eigenvalue weighted by Crippen LogP contribution is -2.38. The molecule has 0 spiro atoms. The predicted octanol–water partition coefficient (Wildman–Crippen LogP) is 0.687. The van der Waals surface area contributed by atoms with Crippen LogP contribution in [0, 0.1) is 5.92 Å². The molecular formula is C16H18N2O7. The topological polar surface area (TPSA) is 110 Å². The lowest BCUT2D eigenvalue weighted by molar-refractivity contribution is -0.179. The maximum absolute atomic E-state index is 11.7. The van der Waals surface area contributed by atoms with Gasteiger partial charge in [-0.1, -0.05) is 5.06 Å². The minimum absolute atomic E-state index is 0.0278. The summed E-state index contributed by atoms with van der Waals surface area (Å²) >= 11 is 0. The van der Waals surface area contributed by atoms with E-state index in [1.54, 1.807) is 0 Å². The summed E-state index contributed by atoms with van der Waals surface area (Å²) in [5.41, 5.74) is 0. The zero-order valence-corrected chi connectivity index (χ0v) is 13.5. The van der Waals surface area contributed by atoms with E-state index >= 15 is 0 Å². The second kappa shape index (κ2) is 7.04. The molecule has 1 aliphatic carbocycles. The van der Waals surface area contributed by atoms with Crippen molar-refractivity contribution in [3.8, 4) is 0 Å². The summed E-state index contributed by atoms with van der Waals surface area (Å²) in [6.07, 6.45) is 3.63. The molecule has 0 atom stereocenters. The van der Waals surface area contributed by atoms with Crippen molar-refractivity contribution in [3.05, 3.63) is 12.2 Å². The number of carbonyl (C=O) groups is 5. The summed E-state index contributed by atoms with van der Waals surface area (Å²) in [6.45, 7) is 0.360. The molecule has 0 aromatic rings. The van der Waals surface area contributed by atoms with Gasteiger partial charge in [0.1, 0.15) is 6.10 Å². The Morgan fingerprint density at radius 2 is 1.52 bits per heavy atom. The molecule has 4 amide bonds. The van der Waals surface area contributed by atoms with Crippen LogP contribution in [-0.2, 0) is 28.8 Å². The highest BCUT2D eigenvalue weighted by Gasteiger charge is 2.35. The summed E-state index contributed by atoms with van der Waals surface area (Å²) in [6, 6.07) is 0. The number of hydrogen-bond acceptors (Lipinski definition) is 7. The van der Waals surface area contributed by atoms with Gasteiger partial charge < -0.3 is 4.74 Å². The van der Waals surface area contributed by atoms with Gasteiger partial charge in [0.15, 0.2) is 0 Å². The standard InChI is InChI=1S/C16H18N2O7/c19-12-5-6-13(20)17(12)9-10-1-3-11(4-2-10)24-16(23)25-18-14(21)7-8-15(18)22/h5-6,10-11H,1-4,7-9H2. The van der Waals surface area contributed by atoms with Gasteiger partial charge in [-0.05, 0) is 31.6 Å². The molecule has 9 heteroatoms.